The van der Waals surface area contributed by atoms with Crippen molar-refractivity contribution in [3.05, 3.63) is 23.3 Å². The fourth-order valence-corrected chi connectivity index (χ4v) is 3.17. The number of aromatic nitrogens is 2. The van der Waals surface area contributed by atoms with Crippen LogP contribution < -0.4 is 15.2 Å². The molecule has 0 spiro atoms. The molecule has 2 aromatic rings. The van der Waals surface area contributed by atoms with Gasteiger partial charge in [0.1, 0.15) is 29.5 Å². The second-order valence-electron chi connectivity index (χ2n) is 5.69. The number of ether oxygens (including phenoxy) is 2. The lowest BCUT2D eigenvalue weighted by molar-refractivity contribution is 0.254. The molecule has 1 aromatic carbocycles. The molecular weight excluding hydrogens is 254 g/mol. The molecule has 2 atom stereocenters. The number of hydrogen-bond donors (Lipinski definition) is 2. The minimum absolute atomic E-state index is 0.198. The Balaban J connectivity index is 1.96. The van der Waals surface area contributed by atoms with E-state index in [1.807, 2.05) is 6.07 Å². The van der Waals surface area contributed by atoms with Crippen LogP contribution in [0.25, 0.3) is 11.3 Å². The molecule has 0 radical (unpaired) electrons. The average molecular weight is 271 g/mol. The molecule has 1 aromatic heterocycles. The third-order valence-corrected chi connectivity index (χ3v) is 3.94. The van der Waals surface area contributed by atoms with Crippen LogP contribution in [-0.2, 0) is 12.8 Å². The molecule has 3 N–H and O–H groups in total. The van der Waals surface area contributed by atoms with Crippen molar-refractivity contribution in [1.82, 2.24) is 10.2 Å². The molecule has 104 valence electrons. The standard InChI is InChI=1S/C15H17N3O2/c1-7-3-9-5-12-10(4-8(2)19-12)14(15(9)20-7)11-6-13(16)18-17-11/h5-8H,3-4H2,1-2H3,(H3,16,17,18). The molecule has 0 fully saturated rings. The molecule has 2 aliphatic rings. The minimum Gasteiger partial charge on any atom is -0.490 e. The molecule has 0 amide bonds. The molecule has 2 aliphatic heterocycles. The predicted molar refractivity (Wildman–Crippen MR) is 76.0 cm³/mol. The lowest BCUT2D eigenvalue weighted by atomic mass is 9.96. The first-order chi connectivity index (χ1) is 9.61. The van der Waals surface area contributed by atoms with E-state index in [1.165, 1.54) is 11.1 Å². The zero-order valence-electron chi connectivity index (χ0n) is 11.6. The van der Waals surface area contributed by atoms with E-state index < -0.39 is 0 Å². The molecule has 20 heavy (non-hydrogen) atoms. The van der Waals surface area contributed by atoms with Gasteiger partial charge in [-0.15, -0.1) is 0 Å². The number of anilines is 1. The molecule has 0 aliphatic carbocycles. The van der Waals surface area contributed by atoms with Crippen molar-refractivity contribution in [2.24, 2.45) is 0 Å². The van der Waals surface area contributed by atoms with Gasteiger partial charge >= 0.3 is 0 Å². The van der Waals surface area contributed by atoms with Gasteiger partial charge in [-0.1, -0.05) is 0 Å². The molecular formula is C15H17N3O2. The van der Waals surface area contributed by atoms with E-state index in [0.29, 0.717) is 5.82 Å². The Morgan fingerprint density at radius 2 is 2.00 bits per heavy atom. The number of hydrogen-bond acceptors (Lipinski definition) is 4. The summed E-state index contributed by atoms with van der Waals surface area (Å²) in [5.74, 6) is 2.42. The van der Waals surface area contributed by atoms with Crippen molar-refractivity contribution in [2.75, 3.05) is 5.73 Å². The maximum atomic E-state index is 6.02. The average Bonchev–Trinajstić information content (AvgIpc) is 3.03. The molecule has 0 saturated heterocycles. The summed E-state index contributed by atoms with van der Waals surface area (Å²) in [7, 11) is 0. The van der Waals surface area contributed by atoms with Gasteiger partial charge in [-0.2, -0.15) is 5.10 Å². The molecule has 3 heterocycles. The molecule has 0 saturated carbocycles. The predicted octanol–water partition coefficient (Wildman–Crippen LogP) is 2.31. The third kappa shape index (κ3) is 1.59. The zero-order valence-corrected chi connectivity index (χ0v) is 11.6. The highest BCUT2D eigenvalue weighted by molar-refractivity contribution is 5.78. The Hall–Kier alpha value is -2.17. The van der Waals surface area contributed by atoms with Gasteiger partial charge in [0, 0.05) is 35.6 Å². The van der Waals surface area contributed by atoms with Gasteiger partial charge in [0.25, 0.3) is 0 Å². The topological polar surface area (TPSA) is 73.2 Å². The van der Waals surface area contributed by atoms with Gasteiger partial charge in [0.05, 0.1) is 5.69 Å². The van der Waals surface area contributed by atoms with Crippen molar-refractivity contribution in [2.45, 2.75) is 38.9 Å². The van der Waals surface area contributed by atoms with Crippen molar-refractivity contribution in [1.29, 1.82) is 0 Å². The number of fused-ring (bicyclic) bond motifs is 2. The van der Waals surface area contributed by atoms with Crippen LogP contribution in [0.15, 0.2) is 12.1 Å². The first-order valence-corrected chi connectivity index (χ1v) is 6.95. The van der Waals surface area contributed by atoms with E-state index in [0.717, 1.165) is 35.6 Å². The Morgan fingerprint density at radius 3 is 2.75 bits per heavy atom. The van der Waals surface area contributed by atoms with Gasteiger partial charge in [-0.25, -0.2) is 0 Å². The minimum atomic E-state index is 0.198. The quantitative estimate of drug-likeness (QED) is 0.834. The molecule has 5 heteroatoms. The maximum Gasteiger partial charge on any atom is 0.145 e. The second kappa shape index (κ2) is 3.91. The van der Waals surface area contributed by atoms with Crippen molar-refractivity contribution in [3.8, 4) is 22.8 Å². The number of benzene rings is 1. The number of nitrogen functional groups attached to an aromatic ring is 1. The summed E-state index contributed by atoms with van der Waals surface area (Å²) in [5.41, 5.74) is 10.1. The Kier molecular flexibility index (Phi) is 2.28. The fourth-order valence-electron chi connectivity index (χ4n) is 3.17. The number of nitrogens with one attached hydrogen (secondary N) is 1. The monoisotopic (exact) mass is 271 g/mol. The molecule has 2 unspecified atom stereocenters. The first kappa shape index (κ1) is 11.6. The van der Waals surface area contributed by atoms with Crippen LogP contribution in [0.2, 0.25) is 0 Å². The number of aromatic amines is 1. The van der Waals surface area contributed by atoms with Crippen LogP contribution in [0, 0.1) is 0 Å². The summed E-state index contributed by atoms with van der Waals surface area (Å²) in [6.45, 7) is 4.17. The van der Waals surface area contributed by atoms with Crippen molar-refractivity contribution >= 4 is 5.82 Å². The van der Waals surface area contributed by atoms with E-state index in [4.69, 9.17) is 15.2 Å². The van der Waals surface area contributed by atoms with Gasteiger partial charge in [-0.3, -0.25) is 5.10 Å². The summed E-state index contributed by atoms with van der Waals surface area (Å²) in [5, 5.41) is 7.04. The highest BCUT2D eigenvalue weighted by Gasteiger charge is 2.32. The van der Waals surface area contributed by atoms with E-state index in [2.05, 4.69) is 30.1 Å². The van der Waals surface area contributed by atoms with E-state index in [9.17, 15) is 0 Å². The van der Waals surface area contributed by atoms with Crippen LogP contribution in [0.4, 0.5) is 5.82 Å². The van der Waals surface area contributed by atoms with Crippen LogP contribution in [0.1, 0.15) is 25.0 Å². The van der Waals surface area contributed by atoms with Crippen LogP contribution in [-0.4, -0.2) is 22.4 Å². The highest BCUT2D eigenvalue weighted by Crippen LogP contribution is 2.47. The molecule has 4 rings (SSSR count). The van der Waals surface area contributed by atoms with Gasteiger partial charge < -0.3 is 15.2 Å². The normalized spacial score (nSPS) is 23.1. The Morgan fingerprint density at radius 1 is 1.20 bits per heavy atom. The summed E-state index contributed by atoms with van der Waals surface area (Å²) in [6.07, 6.45) is 2.19. The van der Waals surface area contributed by atoms with Crippen molar-refractivity contribution < 1.29 is 9.47 Å². The van der Waals surface area contributed by atoms with E-state index >= 15 is 0 Å². The van der Waals surface area contributed by atoms with Gasteiger partial charge in [0.15, 0.2) is 0 Å². The Bertz CT molecular complexity index is 656. The van der Waals surface area contributed by atoms with E-state index in [-0.39, 0.29) is 12.2 Å². The maximum absolute atomic E-state index is 6.02. The third-order valence-electron chi connectivity index (χ3n) is 3.94. The van der Waals surface area contributed by atoms with Crippen molar-refractivity contribution in [3.63, 3.8) is 0 Å². The highest BCUT2D eigenvalue weighted by atomic mass is 16.5. The largest absolute Gasteiger partial charge is 0.490 e. The number of H-pyrrole nitrogens is 1. The van der Waals surface area contributed by atoms with Crippen LogP contribution >= 0.6 is 0 Å². The van der Waals surface area contributed by atoms with Gasteiger partial charge in [-0.05, 0) is 19.9 Å². The van der Waals surface area contributed by atoms with E-state index in [1.54, 1.807) is 0 Å². The SMILES string of the molecule is CC1Cc2c(cc3c(c2-c2cc(N)n[nH]2)OC(C)C3)O1. The lowest BCUT2D eigenvalue weighted by Gasteiger charge is -2.12. The number of rotatable bonds is 1. The van der Waals surface area contributed by atoms with Gasteiger partial charge in [0.2, 0.25) is 0 Å². The summed E-state index contributed by atoms with van der Waals surface area (Å²) >= 11 is 0. The molecule has 0 bridgehead atoms. The van der Waals surface area contributed by atoms with Crippen LogP contribution in [0.5, 0.6) is 11.5 Å². The summed E-state index contributed by atoms with van der Waals surface area (Å²) in [6, 6.07) is 3.98. The summed E-state index contributed by atoms with van der Waals surface area (Å²) < 4.78 is 11.9. The number of nitrogens with two attached hydrogens (primary N) is 1. The van der Waals surface area contributed by atoms with Crippen LogP contribution in [0.3, 0.4) is 0 Å². The zero-order chi connectivity index (χ0) is 13.9. The smallest absolute Gasteiger partial charge is 0.145 e. The first-order valence-electron chi connectivity index (χ1n) is 6.95. The second-order valence-corrected chi connectivity index (χ2v) is 5.69. The lowest BCUT2D eigenvalue weighted by Crippen LogP contribution is -2.07. The Labute approximate surface area is 117 Å². The molecule has 5 nitrogen and oxygen atoms in total. The fraction of sp³-hybridized carbons (Fsp3) is 0.400. The summed E-state index contributed by atoms with van der Waals surface area (Å²) in [4.78, 5) is 0. The number of nitrogens with zero attached hydrogens (tertiary/aromatic N) is 1.